The van der Waals surface area contributed by atoms with Crippen molar-refractivity contribution in [1.82, 2.24) is 15.3 Å². The number of aromatic nitrogens is 2. The standard InChI is InChI=1S/C11H18N4/c1-2-4-10-9(3-1)13-11(14-10)15-7-5-12-6-8-15/h12H,1-8H2,(H,13,14). The maximum atomic E-state index is 4.72. The van der Waals surface area contributed by atoms with E-state index in [9.17, 15) is 0 Å². The van der Waals surface area contributed by atoms with Crippen molar-refractivity contribution in [3.8, 4) is 0 Å². The largest absolute Gasteiger partial charge is 0.340 e. The third-order valence-corrected chi connectivity index (χ3v) is 3.36. The SMILES string of the molecule is C1CCc2[nH]c(N3CCNCC3)nc2C1. The minimum atomic E-state index is 1.07. The van der Waals surface area contributed by atoms with Crippen molar-refractivity contribution in [2.45, 2.75) is 25.7 Å². The first-order chi connectivity index (χ1) is 7.43. The second-order valence-electron chi connectivity index (χ2n) is 4.43. The lowest BCUT2D eigenvalue weighted by Crippen LogP contribution is -2.44. The summed E-state index contributed by atoms with van der Waals surface area (Å²) in [4.78, 5) is 10.6. The molecule has 0 bridgehead atoms. The van der Waals surface area contributed by atoms with Crippen LogP contribution >= 0.6 is 0 Å². The lowest BCUT2D eigenvalue weighted by atomic mass is 10.0. The van der Waals surface area contributed by atoms with Crippen LogP contribution in [0.15, 0.2) is 0 Å². The van der Waals surface area contributed by atoms with Crippen molar-refractivity contribution in [2.24, 2.45) is 0 Å². The molecule has 2 heterocycles. The van der Waals surface area contributed by atoms with E-state index >= 15 is 0 Å². The molecule has 2 aliphatic rings. The topological polar surface area (TPSA) is 44.0 Å². The van der Waals surface area contributed by atoms with Crippen LogP contribution in [0.4, 0.5) is 5.95 Å². The van der Waals surface area contributed by atoms with Gasteiger partial charge in [0.05, 0.1) is 5.69 Å². The molecule has 1 saturated heterocycles. The van der Waals surface area contributed by atoms with Crippen LogP contribution in [0, 0.1) is 0 Å². The van der Waals surface area contributed by atoms with Crippen molar-refractivity contribution < 1.29 is 0 Å². The van der Waals surface area contributed by atoms with E-state index in [1.165, 1.54) is 30.7 Å². The number of hydrogen-bond acceptors (Lipinski definition) is 3. The van der Waals surface area contributed by atoms with Gasteiger partial charge in [0.2, 0.25) is 5.95 Å². The normalized spacial score (nSPS) is 21.5. The fraction of sp³-hybridized carbons (Fsp3) is 0.727. The number of aryl methyl sites for hydroxylation is 2. The van der Waals surface area contributed by atoms with Gasteiger partial charge < -0.3 is 15.2 Å². The highest BCUT2D eigenvalue weighted by Crippen LogP contribution is 2.22. The van der Waals surface area contributed by atoms with E-state index in [2.05, 4.69) is 15.2 Å². The van der Waals surface area contributed by atoms with Crippen molar-refractivity contribution in [3.05, 3.63) is 11.4 Å². The number of rotatable bonds is 1. The van der Waals surface area contributed by atoms with Gasteiger partial charge in [-0.3, -0.25) is 0 Å². The number of piperazine rings is 1. The first-order valence-electron chi connectivity index (χ1n) is 5.97. The Balaban J connectivity index is 1.82. The number of H-pyrrole nitrogens is 1. The van der Waals surface area contributed by atoms with Gasteiger partial charge in [0.25, 0.3) is 0 Å². The summed E-state index contributed by atoms with van der Waals surface area (Å²) >= 11 is 0. The van der Waals surface area contributed by atoms with E-state index in [1.807, 2.05) is 0 Å². The highest BCUT2D eigenvalue weighted by molar-refractivity contribution is 5.36. The molecule has 2 N–H and O–H groups in total. The second-order valence-corrected chi connectivity index (χ2v) is 4.43. The van der Waals surface area contributed by atoms with E-state index < -0.39 is 0 Å². The Bertz CT molecular complexity index is 315. The summed E-state index contributed by atoms with van der Waals surface area (Å²) in [7, 11) is 0. The van der Waals surface area contributed by atoms with Gasteiger partial charge in [-0.05, 0) is 25.7 Å². The smallest absolute Gasteiger partial charge is 0.203 e. The van der Waals surface area contributed by atoms with Gasteiger partial charge in [-0.15, -0.1) is 0 Å². The number of hydrogen-bond donors (Lipinski definition) is 2. The van der Waals surface area contributed by atoms with Gasteiger partial charge >= 0.3 is 0 Å². The maximum absolute atomic E-state index is 4.72. The molecule has 3 rings (SSSR count). The third-order valence-electron chi connectivity index (χ3n) is 3.36. The van der Waals surface area contributed by atoms with Crippen LogP contribution in [-0.4, -0.2) is 36.1 Å². The van der Waals surface area contributed by atoms with E-state index in [4.69, 9.17) is 4.98 Å². The fourth-order valence-corrected chi connectivity index (χ4v) is 2.46. The molecule has 0 aromatic carbocycles. The number of nitrogens with one attached hydrogen (secondary N) is 2. The van der Waals surface area contributed by atoms with Crippen molar-refractivity contribution in [3.63, 3.8) is 0 Å². The van der Waals surface area contributed by atoms with Gasteiger partial charge in [-0.25, -0.2) is 4.98 Å². The number of aromatic amines is 1. The zero-order chi connectivity index (χ0) is 10.1. The average Bonchev–Trinajstić information content (AvgIpc) is 2.74. The zero-order valence-corrected chi connectivity index (χ0v) is 9.05. The summed E-state index contributed by atoms with van der Waals surface area (Å²) in [5.41, 5.74) is 2.70. The molecule has 0 saturated carbocycles. The van der Waals surface area contributed by atoms with Gasteiger partial charge in [0.15, 0.2) is 0 Å². The molecule has 4 nitrogen and oxygen atoms in total. The molecule has 1 aromatic rings. The molecule has 1 aromatic heterocycles. The molecule has 1 aliphatic carbocycles. The second kappa shape index (κ2) is 3.85. The molecule has 0 atom stereocenters. The van der Waals surface area contributed by atoms with Crippen LogP contribution in [0.25, 0.3) is 0 Å². The highest BCUT2D eigenvalue weighted by Gasteiger charge is 2.18. The first-order valence-corrected chi connectivity index (χ1v) is 5.97. The Kier molecular flexibility index (Phi) is 2.37. The Morgan fingerprint density at radius 3 is 2.67 bits per heavy atom. The number of anilines is 1. The van der Waals surface area contributed by atoms with Crippen LogP contribution < -0.4 is 10.2 Å². The summed E-state index contributed by atoms with van der Waals surface area (Å²) < 4.78 is 0. The Hall–Kier alpha value is -1.03. The molecule has 0 unspecified atom stereocenters. The van der Waals surface area contributed by atoms with Crippen molar-refractivity contribution in [2.75, 3.05) is 31.1 Å². The minimum Gasteiger partial charge on any atom is -0.340 e. The molecular formula is C11H18N4. The van der Waals surface area contributed by atoms with Crippen molar-refractivity contribution in [1.29, 1.82) is 0 Å². The lowest BCUT2D eigenvalue weighted by Gasteiger charge is -2.26. The van der Waals surface area contributed by atoms with E-state index in [1.54, 1.807) is 0 Å². The molecule has 0 radical (unpaired) electrons. The summed E-state index contributed by atoms with van der Waals surface area (Å²) in [6, 6.07) is 0. The molecule has 1 aliphatic heterocycles. The Morgan fingerprint density at radius 1 is 1.07 bits per heavy atom. The van der Waals surface area contributed by atoms with Gasteiger partial charge in [0, 0.05) is 31.9 Å². The highest BCUT2D eigenvalue weighted by atomic mass is 15.3. The molecule has 4 heteroatoms. The lowest BCUT2D eigenvalue weighted by molar-refractivity contribution is 0.581. The minimum absolute atomic E-state index is 1.07. The molecular weight excluding hydrogens is 188 g/mol. The summed E-state index contributed by atoms with van der Waals surface area (Å²) in [6.45, 7) is 4.30. The number of fused-ring (bicyclic) bond motifs is 1. The van der Waals surface area contributed by atoms with Crippen molar-refractivity contribution >= 4 is 5.95 Å². The molecule has 82 valence electrons. The summed E-state index contributed by atoms with van der Waals surface area (Å²) in [5.74, 6) is 1.10. The van der Waals surface area contributed by atoms with Gasteiger partial charge in [-0.2, -0.15) is 0 Å². The van der Waals surface area contributed by atoms with E-state index in [-0.39, 0.29) is 0 Å². The molecule has 1 fully saturated rings. The monoisotopic (exact) mass is 206 g/mol. The molecule has 0 spiro atoms. The molecule has 15 heavy (non-hydrogen) atoms. The number of nitrogens with zero attached hydrogens (tertiary/aromatic N) is 2. The average molecular weight is 206 g/mol. The predicted octanol–water partition coefficient (Wildman–Crippen LogP) is 0.698. The van der Waals surface area contributed by atoms with Gasteiger partial charge in [0.1, 0.15) is 0 Å². The van der Waals surface area contributed by atoms with Gasteiger partial charge in [-0.1, -0.05) is 0 Å². The van der Waals surface area contributed by atoms with Crippen LogP contribution in [0.5, 0.6) is 0 Å². The summed E-state index contributed by atoms with van der Waals surface area (Å²) in [5, 5.41) is 3.36. The predicted molar refractivity (Wildman–Crippen MR) is 60.3 cm³/mol. The van der Waals surface area contributed by atoms with Crippen LogP contribution in [0.2, 0.25) is 0 Å². The Morgan fingerprint density at radius 2 is 1.87 bits per heavy atom. The van der Waals surface area contributed by atoms with E-state index in [0.29, 0.717) is 0 Å². The quantitative estimate of drug-likeness (QED) is 0.711. The molecule has 0 amide bonds. The zero-order valence-electron chi connectivity index (χ0n) is 9.05. The maximum Gasteiger partial charge on any atom is 0.203 e. The van der Waals surface area contributed by atoms with Crippen LogP contribution in [-0.2, 0) is 12.8 Å². The fourth-order valence-electron chi connectivity index (χ4n) is 2.46. The van der Waals surface area contributed by atoms with Crippen LogP contribution in [0.1, 0.15) is 24.2 Å². The van der Waals surface area contributed by atoms with Crippen LogP contribution in [0.3, 0.4) is 0 Å². The Labute approximate surface area is 90.1 Å². The first kappa shape index (κ1) is 9.21. The summed E-state index contributed by atoms with van der Waals surface area (Å²) in [6.07, 6.45) is 4.97. The van der Waals surface area contributed by atoms with E-state index in [0.717, 1.165) is 38.5 Å². The number of imidazole rings is 1. The third kappa shape index (κ3) is 1.74.